The molecule has 0 bridgehead atoms. The topological polar surface area (TPSA) is 90.5 Å². The first kappa shape index (κ1) is 17.9. The molecule has 1 aliphatic rings. The molecule has 1 aromatic carbocycles. The highest BCUT2D eigenvalue weighted by Crippen LogP contribution is 2.10. The average Bonchev–Trinajstić information content (AvgIpc) is 2.59. The number of piperazine rings is 1. The fourth-order valence-corrected chi connectivity index (χ4v) is 3.53. The molecule has 1 aliphatic heterocycles. The van der Waals surface area contributed by atoms with Crippen molar-refractivity contribution in [3.63, 3.8) is 0 Å². The lowest BCUT2D eigenvalue weighted by molar-refractivity contribution is 0.0963. The largest absolute Gasteiger partial charge is 0.355 e. The summed E-state index contributed by atoms with van der Waals surface area (Å²) in [7, 11) is -1.99. The van der Waals surface area contributed by atoms with E-state index in [1.54, 1.807) is 0 Å². The van der Waals surface area contributed by atoms with Crippen molar-refractivity contribution in [3.05, 3.63) is 29.8 Å². The number of carbonyl (C=O) groups is 1. The van der Waals surface area contributed by atoms with Gasteiger partial charge in [0.25, 0.3) is 5.91 Å². The van der Waals surface area contributed by atoms with Crippen LogP contribution in [0.4, 0.5) is 0 Å². The van der Waals surface area contributed by atoms with Crippen molar-refractivity contribution in [2.75, 3.05) is 46.3 Å². The molecule has 1 amide bonds. The first-order valence-electron chi connectivity index (χ1n) is 7.78. The van der Waals surface area contributed by atoms with Crippen LogP contribution in [0.15, 0.2) is 29.2 Å². The summed E-state index contributed by atoms with van der Waals surface area (Å²) in [4.78, 5) is 13.9. The minimum Gasteiger partial charge on any atom is -0.355 e. The number of rotatable bonds is 7. The monoisotopic (exact) mass is 340 g/mol. The average molecular weight is 340 g/mol. The van der Waals surface area contributed by atoms with Crippen molar-refractivity contribution in [1.82, 2.24) is 20.3 Å². The third-order valence-corrected chi connectivity index (χ3v) is 5.28. The standard InChI is InChI=1S/C15H24N4O3S/c1-16-15(20)13-3-5-14(6-4-13)23(21,22)18-7-2-10-19-11-8-17-9-12-19/h3-6,17-18H,2,7-12H2,1H3,(H,16,20). The zero-order valence-corrected chi connectivity index (χ0v) is 14.2. The van der Waals surface area contributed by atoms with Crippen molar-refractivity contribution >= 4 is 15.9 Å². The molecule has 1 aromatic rings. The third kappa shape index (κ3) is 5.28. The van der Waals surface area contributed by atoms with Gasteiger partial charge >= 0.3 is 0 Å². The molecule has 0 unspecified atom stereocenters. The lowest BCUT2D eigenvalue weighted by Crippen LogP contribution is -2.44. The van der Waals surface area contributed by atoms with Crippen LogP contribution in [-0.4, -0.2) is 65.5 Å². The molecule has 1 heterocycles. The normalized spacial score (nSPS) is 16.2. The van der Waals surface area contributed by atoms with Crippen LogP contribution in [0.3, 0.4) is 0 Å². The van der Waals surface area contributed by atoms with Gasteiger partial charge in [0.15, 0.2) is 0 Å². The molecule has 0 aliphatic carbocycles. The highest BCUT2D eigenvalue weighted by Gasteiger charge is 2.15. The van der Waals surface area contributed by atoms with Gasteiger partial charge in [0.2, 0.25) is 10.0 Å². The van der Waals surface area contributed by atoms with Gasteiger partial charge in [0, 0.05) is 45.3 Å². The zero-order valence-electron chi connectivity index (χ0n) is 13.3. The molecule has 0 atom stereocenters. The van der Waals surface area contributed by atoms with Crippen LogP contribution in [-0.2, 0) is 10.0 Å². The van der Waals surface area contributed by atoms with E-state index in [1.165, 1.54) is 31.3 Å². The van der Waals surface area contributed by atoms with Crippen molar-refractivity contribution in [1.29, 1.82) is 0 Å². The summed E-state index contributed by atoms with van der Waals surface area (Å²) in [5.74, 6) is -0.238. The van der Waals surface area contributed by atoms with Crippen LogP contribution in [0, 0.1) is 0 Å². The van der Waals surface area contributed by atoms with E-state index in [0.717, 1.165) is 39.1 Å². The Morgan fingerprint density at radius 2 is 1.87 bits per heavy atom. The van der Waals surface area contributed by atoms with Gasteiger partial charge < -0.3 is 15.5 Å². The predicted molar refractivity (Wildman–Crippen MR) is 88.9 cm³/mol. The molecule has 23 heavy (non-hydrogen) atoms. The summed E-state index contributed by atoms with van der Waals surface area (Å²) < 4.78 is 27.0. The second-order valence-electron chi connectivity index (χ2n) is 5.45. The maximum atomic E-state index is 12.2. The van der Waals surface area contributed by atoms with E-state index in [1.807, 2.05) is 0 Å². The summed E-state index contributed by atoms with van der Waals surface area (Å²) in [5.41, 5.74) is 0.435. The van der Waals surface area contributed by atoms with Gasteiger partial charge in [-0.05, 0) is 37.2 Å². The summed E-state index contributed by atoms with van der Waals surface area (Å²) in [6, 6.07) is 5.91. The van der Waals surface area contributed by atoms with Crippen molar-refractivity contribution in [3.8, 4) is 0 Å². The highest BCUT2D eigenvalue weighted by atomic mass is 32.2. The van der Waals surface area contributed by atoms with Gasteiger partial charge in [0.1, 0.15) is 0 Å². The molecule has 0 spiro atoms. The van der Waals surface area contributed by atoms with E-state index in [9.17, 15) is 13.2 Å². The van der Waals surface area contributed by atoms with Crippen LogP contribution >= 0.6 is 0 Å². The van der Waals surface area contributed by atoms with E-state index in [4.69, 9.17) is 0 Å². The van der Waals surface area contributed by atoms with Crippen LogP contribution < -0.4 is 15.4 Å². The van der Waals surface area contributed by atoms with Gasteiger partial charge in [-0.1, -0.05) is 0 Å². The number of amides is 1. The van der Waals surface area contributed by atoms with E-state index in [2.05, 4.69) is 20.3 Å². The van der Waals surface area contributed by atoms with Crippen molar-refractivity contribution in [2.45, 2.75) is 11.3 Å². The maximum Gasteiger partial charge on any atom is 0.251 e. The Hall–Kier alpha value is -1.48. The maximum absolute atomic E-state index is 12.2. The summed E-state index contributed by atoms with van der Waals surface area (Å²) in [6.07, 6.45) is 0.773. The van der Waals surface area contributed by atoms with E-state index < -0.39 is 10.0 Å². The lowest BCUT2D eigenvalue weighted by Gasteiger charge is -2.27. The Kier molecular flexibility index (Phi) is 6.52. The molecule has 2 rings (SSSR count). The second kappa shape index (κ2) is 8.39. The molecule has 128 valence electrons. The molecule has 3 N–H and O–H groups in total. The Balaban J connectivity index is 1.82. The number of carbonyl (C=O) groups excluding carboxylic acids is 1. The quantitative estimate of drug-likeness (QED) is 0.589. The Bertz CT molecular complexity index is 610. The third-order valence-electron chi connectivity index (χ3n) is 3.81. The molecule has 0 saturated carbocycles. The molecular formula is C15H24N4O3S. The summed E-state index contributed by atoms with van der Waals surface area (Å²) in [5, 5.41) is 5.79. The first-order valence-corrected chi connectivity index (χ1v) is 9.26. The number of hydrogen-bond acceptors (Lipinski definition) is 5. The molecule has 0 aromatic heterocycles. The smallest absolute Gasteiger partial charge is 0.251 e. The number of sulfonamides is 1. The van der Waals surface area contributed by atoms with Crippen LogP contribution in [0.25, 0.3) is 0 Å². The highest BCUT2D eigenvalue weighted by molar-refractivity contribution is 7.89. The van der Waals surface area contributed by atoms with Crippen LogP contribution in [0.1, 0.15) is 16.8 Å². The molecule has 1 saturated heterocycles. The Labute approximate surface area is 137 Å². The van der Waals surface area contributed by atoms with Crippen molar-refractivity contribution < 1.29 is 13.2 Å². The van der Waals surface area contributed by atoms with Gasteiger partial charge in [0.05, 0.1) is 4.90 Å². The zero-order chi connectivity index (χ0) is 16.7. The fraction of sp³-hybridized carbons (Fsp3) is 0.533. The van der Waals surface area contributed by atoms with Crippen LogP contribution in [0.2, 0.25) is 0 Å². The second-order valence-corrected chi connectivity index (χ2v) is 7.21. The minimum atomic E-state index is -3.52. The molecular weight excluding hydrogens is 316 g/mol. The summed E-state index contributed by atoms with van der Waals surface area (Å²) >= 11 is 0. The number of hydrogen-bond donors (Lipinski definition) is 3. The minimum absolute atomic E-state index is 0.173. The number of benzene rings is 1. The van der Waals surface area contributed by atoms with E-state index >= 15 is 0 Å². The van der Waals surface area contributed by atoms with Gasteiger partial charge in [-0.25, -0.2) is 13.1 Å². The molecule has 0 radical (unpaired) electrons. The predicted octanol–water partition coefficient (Wildman–Crippen LogP) is -0.380. The Morgan fingerprint density at radius 1 is 1.22 bits per heavy atom. The SMILES string of the molecule is CNC(=O)c1ccc(S(=O)(=O)NCCCN2CCNCC2)cc1. The first-order chi connectivity index (χ1) is 11.0. The number of nitrogens with zero attached hydrogens (tertiary/aromatic N) is 1. The van der Waals surface area contributed by atoms with Crippen molar-refractivity contribution in [2.24, 2.45) is 0 Å². The summed E-state index contributed by atoms with van der Waals surface area (Å²) in [6.45, 7) is 5.29. The van der Waals surface area contributed by atoms with Gasteiger partial charge in [-0.15, -0.1) is 0 Å². The van der Waals surface area contributed by atoms with E-state index in [-0.39, 0.29) is 10.8 Å². The number of nitrogens with one attached hydrogen (secondary N) is 3. The fourth-order valence-electron chi connectivity index (χ4n) is 2.46. The van der Waals surface area contributed by atoms with E-state index in [0.29, 0.717) is 12.1 Å². The van der Waals surface area contributed by atoms with Gasteiger partial charge in [-0.2, -0.15) is 0 Å². The lowest BCUT2D eigenvalue weighted by atomic mass is 10.2. The van der Waals surface area contributed by atoms with Gasteiger partial charge in [-0.3, -0.25) is 4.79 Å². The van der Waals surface area contributed by atoms with Crippen LogP contribution in [0.5, 0.6) is 0 Å². The molecule has 1 fully saturated rings. The molecule has 8 heteroatoms. The molecule has 7 nitrogen and oxygen atoms in total. The Morgan fingerprint density at radius 3 is 2.48 bits per heavy atom.